The van der Waals surface area contributed by atoms with Crippen LogP contribution in [0, 0.1) is 5.92 Å². The smallest absolute Gasteiger partial charge is 0.308 e. The van der Waals surface area contributed by atoms with Gasteiger partial charge in [-0.15, -0.1) is 0 Å². The molecule has 1 fully saturated rings. The quantitative estimate of drug-likeness (QED) is 0.838. The van der Waals surface area contributed by atoms with Crippen molar-refractivity contribution < 1.29 is 14.7 Å². The van der Waals surface area contributed by atoms with Crippen LogP contribution in [0.5, 0.6) is 0 Å². The minimum atomic E-state index is -0.828. The zero-order valence-electron chi connectivity index (χ0n) is 10.7. The first-order valence-corrected chi connectivity index (χ1v) is 6.43. The number of carboxylic acid groups (broad SMARTS) is 1. The van der Waals surface area contributed by atoms with E-state index in [4.69, 9.17) is 10.8 Å². The highest BCUT2D eigenvalue weighted by Gasteiger charge is 2.31. The number of nitrogens with two attached hydrogens (primary N) is 1. The van der Waals surface area contributed by atoms with Crippen LogP contribution in [0.4, 0.5) is 0 Å². The molecule has 1 saturated heterocycles. The third kappa shape index (κ3) is 2.93. The molecule has 1 amide bonds. The molecule has 0 spiro atoms. The van der Waals surface area contributed by atoms with Gasteiger partial charge in [-0.1, -0.05) is 18.2 Å². The Morgan fingerprint density at radius 2 is 2.11 bits per heavy atom. The van der Waals surface area contributed by atoms with E-state index < -0.39 is 11.9 Å². The Balaban J connectivity index is 2.14. The molecule has 0 aromatic heterocycles. The van der Waals surface area contributed by atoms with Crippen molar-refractivity contribution in [1.29, 1.82) is 0 Å². The number of carbonyl (C=O) groups excluding carboxylic acids is 1. The van der Waals surface area contributed by atoms with Gasteiger partial charge in [0.2, 0.25) is 0 Å². The molecule has 1 aliphatic rings. The number of nitrogens with zero attached hydrogens (tertiary/aromatic N) is 1. The Kier molecular flexibility index (Phi) is 4.16. The third-order valence-corrected chi connectivity index (χ3v) is 3.49. The average Bonchev–Trinajstić information content (AvgIpc) is 2.89. The molecule has 1 aromatic carbocycles. The van der Waals surface area contributed by atoms with Crippen LogP contribution in [0.2, 0.25) is 0 Å². The summed E-state index contributed by atoms with van der Waals surface area (Å²) in [5.74, 6) is -1.36. The SMILES string of the molecule is NCCc1ccccc1C(=O)N1CCC(C(=O)O)C1. The van der Waals surface area contributed by atoms with Crippen molar-refractivity contribution in [3.8, 4) is 0 Å². The van der Waals surface area contributed by atoms with E-state index >= 15 is 0 Å². The molecule has 1 atom stereocenters. The number of carbonyl (C=O) groups is 2. The summed E-state index contributed by atoms with van der Waals surface area (Å²) < 4.78 is 0. The molecule has 0 radical (unpaired) electrons. The number of hydrogen-bond acceptors (Lipinski definition) is 3. The van der Waals surface area contributed by atoms with Crippen molar-refractivity contribution >= 4 is 11.9 Å². The fraction of sp³-hybridized carbons (Fsp3) is 0.429. The van der Waals surface area contributed by atoms with Gasteiger partial charge in [0.1, 0.15) is 0 Å². The summed E-state index contributed by atoms with van der Waals surface area (Å²) in [7, 11) is 0. The molecule has 1 aromatic rings. The van der Waals surface area contributed by atoms with E-state index in [2.05, 4.69) is 0 Å². The monoisotopic (exact) mass is 262 g/mol. The molecule has 1 unspecified atom stereocenters. The van der Waals surface area contributed by atoms with E-state index in [9.17, 15) is 9.59 Å². The van der Waals surface area contributed by atoms with E-state index in [0.29, 0.717) is 38.0 Å². The maximum atomic E-state index is 12.4. The van der Waals surface area contributed by atoms with E-state index in [-0.39, 0.29) is 5.91 Å². The molecule has 0 bridgehead atoms. The number of hydrogen-bond donors (Lipinski definition) is 2. The maximum Gasteiger partial charge on any atom is 0.308 e. The number of carboxylic acids is 1. The van der Waals surface area contributed by atoms with Gasteiger partial charge in [-0.05, 0) is 31.0 Å². The summed E-state index contributed by atoms with van der Waals surface area (Å²) >= 11 is 0. The van der Waals surface area contributed by atoms with Crippen molar-refractivity contribution in [2.45, 2.75) is 12.8 Å². The topological polar surface area (TPSA) is 83.6 Å². The summed E-state index contributed by atoms with van der Waals surface area (Å²) in [4.78, 5) is 24.9. The fourth-order valence-corrected chi connectivity index (χ4v) is 2.42. The Bertz CT molecular complexity index is 487. The Morgan fingerprint density at radius 3 is 2.74 bits per heavy atom. The molecule has 1 aliphatic heterocycles. The molecule has 102 valence electrons. The van der Waals surface area contributed by atoms with E-state index in [1.54, 1.807) is 11.0 Å². The summed E-state index contributed by atoms with van der Waals surface area (Å²) in [5.41, 5.74) is 7.10. The lowest BCUT2D eigenvalue weighted by molar-refractivity contribution is -0.141. The van der Waals surface area contributed by atoms with Gasteiger partial charge in [0, 0.05) is 18.7 Å². The van der Waals surface area contributed by atoms with Crippen molar-refractivity contribution in [3.05, 3.63) is 35.4 Å². The zero-order chi connectivity index (χ0) is 13.8. The standard InChI is InChI=1S/C14H18N2O3/c15-7-5-10-3-1-2-4-12(10)13(17)16-8-6-11(9-16)14(18)19/h1-4,11H,5-9,15H2,(H,18,19). The van der Waals surface area contributed by atoms with E-state index in [0.717, 1.165) is 5.56 Å². The van der Waals surface area contributed by atoms with Gasteiger partial charge < -0.3 is 15.7 Å². The number of benzene rings is 1. The summed E-state index contributed by atoms with van der Waals surface area (Å²) in [6.45, 7) is 1.29. The maximum absolute atomic E-state index is 12.4. The highest BCUT2D eigenvalue weighted by atomic mass is 16.4. The van der Waals surface area contributed by atoms with Crippen molar-refractivity contribution in [1.82, 2.24) is 4.90 Å². The van der Waals surface area contributed by atoms with Gasteiger partial charge in [0.05, 0.1) is 5.92 Å². The predicted molar refractivity (Wildman–Crippen MR) is 70.8 cm³/mol. The zero-order valence-corrected chi connectivity index (χ0v) is 10.7. The molecule has 0 aliphatic carbocycles. The van der Waals surface area contributed by atoms with Crippen LogP contribution >= 0.6 is 0 Å². The Morgan fingerprint density at radius 1 is 1.37 bits per heavy atom. The lowest BCUT2D eigenvalue weighted by atomic mass is 10.0. The van der Waals surface area contributed by atoms with Gasteiger partial charge in [-0.3, -0.25) is 9.59 Å². The van der Waals surface area contributed by atoms with Gasteiger partial charge in [0.15, 0.2) is 0 Å². The second-order valence-electron chi connectivity index (χ2n) is 4.77. The van der Waals surface area contributed by atoms with Crippen LogP contribution in [0.25, 0.3) is 0 Å². The predicted octanol–water partition coefficient (Wildman–Crippen LogP) is 0.734. The second kappa shape index (κ2) is 5.84. The van der Waals surface area contributed by atoms with Gasteiger partial charge >= 0.3 is 5.97 Å². The second-order valence-corrected chi connectivity index (χ2v) is 4.77. The molecule has 19 heavy (non-hydrogen) atoms. The number of amides is 1. The number of aliphatic carboxylic acids is 1. The average molecular weight is 262 g/mol. The highest BCUT2D eigenvalue weighted by Crippen LogP contribution is 2.20. The van der Waals surface area contributed by atoms with Crippen molar-refractivity contribution in [2.24, 2.45) is 11.7 Å². The minimum absolute atomic E-state index is 0.0900. The van der Waals surface area contributed by atoms with Crippen molar-refractivity contribution in [2.75, 3.05) is 19.6 Å². The first kappa shape index (κ1) is 13.5. The van der Waals surface area contributed by atoms with Crippen LogP contribution in [0.15, 0.2) is 24.3 Å². The molecule has 1 heterocycles. The molecule has 0 saturated carbocycles. The van der Waals surface area contributed by atoms with Crippen molar-refractivity contribution in [3.63, 3.8) is 0 Å². The van der Waals surface area contributed by atoms with Crippen LogP contribution < -0.4 is 5.73 Å². The Hall–Kier alpha value is -1.88. The van der Waals surface area contributed by atoms with Crippen LogP contribution in [-0.4, -0.2) is 41.5 Å². The van der Waals surface area contributed by atoms with Gasteiger partial charge in [-0.25, -0.2) is 0 Å². The largest absolute Gasteiger partial charge is 0.481 e. The van der Waals surface area contributed by atoms with Gasteiger partial charge in [0.25, 0.3) is 5.91 Å². The van der Waals surface area contributed by atoms with E-state index in [1.807, 2.05) is 18.2 Å². The van der Waals surface area contributed by atoms with Crippen LogP contribution in [0.1, 0.15) is 22.3 Å². The highest BCUT2D eigenvalue weighted by molar-refractivity contribution is 5.96. The molecule has 2 rings (SSSR count). The lowest BCUT2D eigenvalue weighted by Gasteiger charge is -2.18. The Labute approximate surface area is 112 Å². The summed E-state index contributed by atoms with van der Waals surface area (Å²) in [5, 5.41) is 8.97. The van der Waals surface area contributed by atoms with E-state index in [1.165, 1.54) is 0 Å². The lowest BCUT2D eigenvalue weighted by Crippen LogP contribution is -2.30. The summed E-state index contributed by atoms with van der Waals surface area (Å²) in [6, 6.07) is 7.37. The first-order chi connectivity index (χ1) is 9.13. The number of likely N-dealkylation sites (tertiary alicyclic amines) is 1. The fourth-order valence-electron chi connectivity index (χ4n) is 2.42. The summed E-state index contributed by atoms with van der Waals surface area (Å²) in [6.07, 6.45) is 1.18. The minimum Gasteiger partial charge on any atom is -0.481 e. The normalized spacial score (nSPS) is 18.6. The van der Waals surface area contributed by atoms with Gasteiger partial charge in [-0.2, -0.15) is 0 Å². The third-order valence-electron chi connectivity index (χ3n) is 3.49. The molecule has 5 nitrogen and oxygen atoms in total. The molecule has 5 heteroatoms. The van der Waals surface area contributed by atoms with Crippen LogP contribution in [0.3, 0.4) is 0 Å². The van der Waals surface area contributed by atoms with Crippen LogP contribution in [-0.2, 0) is 11.2 Å². The molecular formula is C14H18N2O3. The first-order valence-electron chi connectivity index (χ1n) is 6.43. The molecular weight excluding hydrogens is 244 g/mol. The molecule has 3 N–H and O–H groups in total. The number of rotatable bonds is 4.